The molecule has 3 heteroatoms. The Labute approximate surface area is 120 Å². The Morgan fingerprint density at radius 3 is 2.85 bits per heavy atom. The Hall–Kier alpha value is -1.35. The molecule has 2 aliphatic rings. The molecule has 0 radical (unpaired) electrons. The molecule has 1 aliphatic carbocycles. The number of carbonyl (C=O) groups excluding carboxylic acids is 1. The number of fused-ring (bicyclic) bond motifs is 1. The number of rotatable bonds is 3. The average Bonchev–Trinajstić information content (AvgIpc) is 2.96. The maximum Gasteiger partial charge on any atom is 0.173 e. The summed E-state index contributed by atoms with van der Waals surface area (Å²) < 4.78 is 5.69. The number of benzene rings is 1. The summed E-state index contributed by atoms with van der Waals surface area (Å²) in [4.78, 5) is 13.1. The number of hydrogen-bond acceptors (Lipinski definition) is 3. The molecule has 0 unspecified atom stereocenters. The molecule has 0 spiro atoms. The predicted octanol–water partition coefficient (Wildman–Crippen LogP) is 2.96. The highest BCUT2D eigenvalue weighted by atomic mass is 16.5. The highest BCUT2D eigenvalue weighted by Crippen LogP contribution is 2.43. The van der Waals surface area contributed by atoms with Crippen molar-refractivity contribution in [3.63, 3.8) is 0 Å². The summed E-state index contributed by atoms with van der Waals surface area (Å²) in [6, 6.07) is 5.93. The van der Waals surface area contributed by atoms with Crippen LogP contribution >= 0.6 is 0 Å². The van der Waals surface area contributed by atoms with Gasteiger partial charge in [0.05, 0.1) is 12.2 Å². The quantitative estimate of drug-likeness (QED) is 0.861. The Morgan fingerprint density at radius 1 is 1.40 bits per heavy atom. The molecule has 1 aliphatic heterocycles. The fraction of sp³-hybridized carbons (Fsp3) is 0.588. The van der Waals surface area contributed by atoms with Crippen LogP contribution in [0.2, 0.25) is 0 Å². The van der Waals surface area contributed by atoms with E-state index in [2.05, 4.69) is 13.0 Å². The van der Waals surface area contributed by atoms with E-state index in [1.54, 1.807) is 0 Å². The van der Waals surface area contributed by atoms with E-state index in [-0.39, 0.29) is 11.2 Å². The topological polar surface area (TPSA) is 52.3 Å². The average molecular weight is 273 g/mol. The van der Waals surface area contributed by atoms with E-state index in [4.69, 9.17) is 10.5 Å². The van der Waals surface area contributed by atoms with Crippen molar-refractivity contribution in [3.8, 4) is 5.75 Å². The van der Waals surface area contributed by atoms with Gasteiger partial charge in [-0.05, 0) is 43.2 Å². The van der Waals surface area contributed by atoms with Crippen molar-refractivity contribution in [2.45, 2.75) is 39.0 Å². The third-order valence-corrected chi connectivity index (χ3v) is 5.06. The number of ether oxygens (including phenoxy) is 1. The molecule has 0 aromatic heterocycles. The molecule has 1 aromatic carbocycles. The van der Waals surface area contributed by atoms with Crippen LogP contribution in [0.3, 0.4) is 0 Å². The van der Waals surface area contributed by atoms with Gasteiger partial charge in [-0.25, -0.2) is 0 Å². The summed E-state index contributed by atoms with van der Waals surface area (Å²) in [5, 5.41) is 0. The van der Waals surface area contributed by atoms with Crippen molar-refractivity contribution in [2.24, 2.45) is 17.1 Å². The normalized spacial score (nSPS) is 28.8. The molecule has 2 N–H and O–H groups in total. The molecular formula is C17H23NO2. The Bertz CT molecular complexity index is 516. The molecule has 108 valence electrons. The van der Waals surface area contributed by atoms with Crippen molar-refractivity contribution in [1.29, 1.82) is 0 Å². The first-order valence-electron chi connectivity index (χ1n) is 7.66. The Kier molecular flexibility index (Phi) is 3.55. The predicted molar refractivity (Wildman–Crippen MR) is 79.1 cm³/mol. The molecule has 1 aromatic rings. The van der Waals surface area contributed by atoms with Gasteiger partial charge >= 0.3 is 0 Å². The number of hydrogen-bond donors (Lipinski definition) is 1. The van der Waals surface area contributed by atoms with Gasteiger partial charge in [0.2, 0.25) is 0 Å². The Morgan fingerprint density at radius 2 is 2.15 bits per heavy atom. The smallest absolute Gasteiger partial charge is 0.173 e. The third-order valence-electron chi connectivity index (χ3n) is 5.06. The molecule has 3 rings (SSSR count). The molecule has 0 saturated heterocycles. The SMILES string of the molecule is CC1CCC(CN)(C(=O)c2cccc3c2OCC3)CC1. The molecule has 20 heavy (non-hydrogen) atoms. The molecule has 1 saturated carbocycles. The van der Waals surface area contributed by atoms with Crippen LogP contribution in [0.5, 0.6) is 5.75 Å². The van der Waals surface area contributed by atoms with E-state index in [0.29, 0.717) is 19.1 Å². The van der Waals surface area contributed by atoms with E-state index in [1.807, 2.05) is 12.1 Å². The summed E-state index contributed by atoms with van der Waals surface area (Å²) in [6.07, 6.45) is 4.92. The number of carbonyl (C=O) groups is 1. The molecule has 0 atom stereocenters. The van der Waals surface area contributed by atoms with E-state index in [0.717, 1.165) is 49.0 Å². The number of Topliss-reactive ketones (excluding diaryl/α,β-unsaturated/α-hetero) is 1. The molecule has 1 fully saturated rings. The van der Waals surface area contributed by atoms with Gasteiger partial charge in [-0.2, -0.15) is 0 Å². The molecule has 0 bridgehead atoms. The first-order valence-corrected chi connectivity index (χ1v) is 7.66. The van der Waals surface area contributed by atoms with Crippen LogP contribution in [-0.4, -0.2) is 18.9 Å². The summed E-state index contributed by atoms with van der Waals surface area (Å²) >= 11 is 0. The van der Waals surface area contributed by atoms with Gasteiger partial charge in [0.1, 0.15) is 5.75 Å². The minimum atomic E-state index is -0.367. The van der Waals surface area contributed by atoms with Crippen LogP contribution < -0.4 is 10.5 Å². The summed E-state index contributed by atoms with van der Waals surface area (Å²) in [6.45, 7) is 3.39. The van der Waals surface area contributed by atoms with Crippen LogP contribution in [0.25, 0.3) is 0 Å². The fourth-order valence-corrected chi connectivity index (χ4v) is 3.52. The van der Waals surface area contributed by atoms with Gasteiger partial charge in [-0.1, -0.05) is 19.1 Å². The second-order valence-corrected chi connectivity index (χ2v) is 6.39. The maximum atomic E-state index is 13.1. The van der Waals surface area contributed by atoms with Gasteiger partial charge in [-0.15, -0.1) is 0 Å². The van der Waals surface area contributed by atoms with Crippen molar-refractivity contribution in [2.75, 3.05) is 13.2 Å². The lowest BCUT2D eigenvalue weighted by atomic mass is 9.67. The molecule has 3 nitrogen and oxygen atoms in total. The zero-order valence-electron chi connectivity index (χ0n) is 12.2. The van der Waals surface area contributed by atoms with Crippen LogP contribution in [0.4, 0.5) is 0 Å². The Balaban J connectivity index is 1.93. The largest absolute Gasteiger partial charge is 0.492 e. The minimum Gasteiger partial charge on any atom is -0.492 e. The van der Waals surface area contributed by atoms with Crippen LogP contribution in [-0.2, 0) is 6.42 Å². The van der Waals surface area contributed by atoms with Gasteiger partial charge in [0, 0.05) is 18.4 Å². The van der Waals surface area contributed by atoms with Crippen molar-refractivity contribution < 1.29 is 9.53 Å². The van der Waals surface area contributed by atoms with E-state index in [1.165, 1.54) is 0 Å². The molecule has 1 heterocycles. The molecule has 0 amide bonds. The van der Waals surface area contributed by atoms with Gasteiger partial charge < -0.3 is 10.5 Å². The summed E-state index contributed by atoms with van der Waals surface area (Å²) in [7, 11) is 0. The van der Waals surface area contributed by atoms with E-state index < -0.39 is 0 Å². The highest BCUT2D eigenvalue weighted by molar-refractivity contribution is 6.03. The lowest BCUT2D eigenvalue weighted by Crippen LogP contribution is -2.41. The zero-order chi connectivity index (χ0) is 14.2. The first-order chi connectivity index (χ1) is 9.66. The molecular weight excluding hydrogens is 250 g/mol. The van der Waals surface area contributed by atoms with E-state index >= 15 is 0 Å². The van der Waals surface area contributed by atoms with Crippen LogP contribution in [0.15, 0.2) is 18.2 Å². The standard InChI is InChI=1S/C17H23NO2/c1-12-5-8-17(11-18,9-6-12)16(19)14-4-2-3-13-7-10-20-15(13)14/h2-4,12H,5-11,18H2,1H3. The fourth-order valence-electron chi connectivity index (χ4n) is 3.52. The van der Waals surface area contributed by atoms with Gasteiger partial charge in [-0.3, -0.25) is 4.79 Å². The third kappa shape index (κ3) is 2.14. The second-order valence-electron chi connectivity index (χ2n) is 6.39. The lowest BCUT2D eigenvalue weighted by molar-refractivity contribution is 0.0692. The summed E-state index contributed by atoms with van der Waals surface area (Å²) in [5.41, 5.74) is 7.55. The minimum absolute atomic E-state index is 0.200. The number of ketones is 1. The van der Waals surface area contributed by atoms with Crippen molar-refractivity contribution in [3.05, 3.63) is 29.3 Å². The highest BCUT2D eigenvalue weighted by Gasteiger charge is 2.41. The van der Waals surface area contributed by atoms with Gasteiger partial charge in [0.25, 0.3) is 0 Å². The monoisotopic (exact) mass is 273 g/mol. The first kappa shape index (κ1) is 13.6. The second kappa shape index (κ2) is 5.21. The lowest BCUT2D eigenvalue weighted by Gasteiger charge is -2.37. The number of para-hydroxylation sites is 1. The van der Waals surface area contributed by atoms with E-state index in [9.17, 15) is 4.79 Å². The van der Waals surface area contributed by atoms with Gasteiger partial charge in [0.15, 0.2) is 5.78 Å². The summed E-state index contributed by atoms with van der Waals surface area (Å²) in [5.74, 6) is 1.72. The van der Waals surface area contributed by atoms with Crippen LogP contribution in [0.1, 0.15) is 48.5 Å². The maximum absolute atomic E-state index is 13.1. The van der Waals surface area contributed by atoms with Crippen LogP contribution in [0, 0.1) is 11.3 Å². The zero-order valence-corrected chi connectivity index (χ0v) is 12.2. The number of nitrogens with two attached hydrogens (primary N) is 1. The van der Waals surface area contributed by atoms with Crippen molar-refractivity contribution in [1.82, 2.24) is 0 Å². The van der Waals surface area contributed by atoms with Crippen molar-refractivity contribution >= 4 is 5.78 Å².